The lowest BCUT2D eigenvalue weighted by Gasteiger charge is -2.14. The maximum atomic E-state index is 12.6. The van der Waals surface area contributed by atoms with Gasteiger partial charge in [0, 0.05) is 11.3 Å². The molecule has 1 aliphatic rings. The molecule has 0 aliphatic heterocycles. The zero-order valence-corrected chi connectivity index (χ0v) is 11.2. The van der Waals surface area contributed by atoms with E-state index < -0.39 is 0 Å². The van der Waals surface area contributed by atoms with Crippen LogP contribution in [0.25, 0.3) is 17.0 Å². The number of carbonyl (C=O) groups excluding carboxylic acids is 1. The van der Waals surface area contributed by atoms with Crippen molar-refractivity contribution in [3.63, 3.8) is 0 Å². The van der Waals surface area contributed by atoms with Gasteiger partial charge in [0.05, 0.1) is 5.56 Å². The Morgan fingerprint density at radius 3 is 2.89 bits per heavy atom. The predicted octanol–water partition coefficient (Wildman–Crippen LogP) is 4.84. The van der Waals surface area contributed by atoms with Crippen molar-refractivity contribution in [3.05, 3.63) is 41.7 Å². The van der Waals surface area contributed by atoms with Crippen LogP contribution in [0.5, 0.6) is 0 Å². The van der Waals surface area contributed by atoms with Gasteiger partial charge in [-0.3, -0.25) is 4.79 Å². The van der Waals surface area contributed by atoms with Crippen LogP contribution in [0.3, 0.4) is 0 Å². The highest BCUT2D eigenvalue weighted by Gasteiger charge is 2.27. The van der Waals surface area contributed by atoms with Gasteiger partial charge in [-0.2, -0.15) is 0 Å². The van der Waals surface area contributed by atoms with Crippen LogP contribution in [0.4, 0.5) is 0 Å². The Balaban J connectivity index is 1.93. The van der Waals surface area contributed by atoms with Crippen LogP contribution in [-0.2, 0) is 0 Å². The molecule has 2 heteroatoms. The highest BCUT2D eigenvalue weighted by atomic mass is 16.3. The van der Waals surface area contributed by atoms with E-state index in [1.165, 1.54) is 12.8 Å². The average molecular weight is 254 g/mol. The second-order valence-corrected chi connectivity index (χ2v) is 5.16. The van der Waals surface area contributed by atoms with Crippen molar-refractivity contribution in [2.24, 2.45) is 5.92 Å². The van der Waals surface area contributed by atoms with Gasteiger partial charge >= 0.3 is 0 Å². The van der Waals surface area contributed by atoms with Gasteiger partial charge in [-0.15, -0.1) is 0 Å². The maximum Gasteiger partial charge on any atom is 0.174 e. The summed E-state index contributed by atoms with van der Waals surface area (Å²) in [5.41, 5.74) is 1.58. The number of hydrogen-bond donors (Lipinski definition) is 0. The Morgan fingerprint density at radius 1 is 1.21 bits per heavy atom. The molecule has 0 saturated heterocycles. The molecule has 1 aromatic carbocycles. The number of fused-ring (bicyclic) bond motifs is 3. The SMILES string of the molecule is CCCCCC1C=Cc2oc3ccccc3c2C1=O. The molecule has 1 heterocycles. The van der Waals surface area contributed by atoms with Gasteiger partial charge in [0.1, 0.15) is 11.3 Å². The lowest BCUT2D eigenvalue weighted by Crippen LogP contribution is -2.16. The second-order valence-electron chi connectivity index (χ2n) is 5.16. The molecule has 0 amide bonds. The minimum absolute atomic E-state index is 0.0278. The van der Waals surface area contributed by atoms with Gasteiger partial charge in [0.15, 0.2) is 5.78 Å². The number of benzene rings is 1. The van der Waals surface area contributed by atoms with Crippen molar-refractivity contribution in [3.8, 4) is 0 Å². The summed E-state index contributed by atoms with van der Waals surface area (Å²) in [7, 11) is 0. The predicted molar refractivity (Wildman–Crippen MR) is 77.2 cm³/mol. The first-order chi connectivity index (χ1) is 9.31. The molecule has 1 aliphatic carbocycles. The number of para-hydroxylation sites is 1. The van der Waals surface area contributed by atoms with Crippen molar-refractivity contribution in [1.82, 2.24) is 0 Å². The molecule has 0 fully saturated rings. The van der Waals surface area contributed by atoms with Crippen molar-refractivity contribution >= 4 is 22.8 Å². The zero-order valence-electron chi connectivity index (χ0n) is 11.2. The largest absolute Gasteiger partial charge is 0.456 e. The molecule has 2 nitrogen and oxygen atoms in total. The summed E-state index contributed by atoms with van der Waals surface area (Å²) in [5, 5.41) is 0.951. The van der Waals surface area contributed by atoms with Crippen molar-refractivity contribution < 1.29 is 9.21 Å². The van der Waals surface area contributed by atoms with Crippen LogP contribution in [0.15, 0.2) is 34.8 Å². The molecule has 0 N–H and O–H groups in total. The summed E-state index contributed by atoms with van der Waals surface area (Å²) >= 11 is 0. The summed E-state index contributed by atoms with van der Waals surface area (Å²) in [6.45, 7) is 2.18. The molecular weight excluding hydrogens is 236 g/mol. The summed E-state index contributed by atoms with van der Waals surface area (Å²) in [6.07, 6.45) is 8.40. The van der Waals surface area contributed by atoms with E-state index in [1.807, 2.05) is 36.4 Å². The fourth-order valence-corrected chi connectivity index (χ4v) is 2.75. The fourth-order valence-electron chi connectivity index (χ4n) is 2.75. The van der Waals surface area contributed by atoms with Crippen molar-refractivity contribution in [2.45, 2.75) is 32.6 Å². The lowest BCUT2D eigenvalue weighted by atomic mass is 9.87. The highest BCUT2D eigenvalue weighted by Crippen LogP contribution is 2.34. The van der Waals surface area contributed by atoms with Crippen molar-refractivity contribution in [1.29, 1.82) is 0 Å². The number of ketones is 1. The molecule has 0 radical (unpaired) electrons. The van der Waals surface area contributed by atoms with Gasteiger partial charge in [0.2, 0.25) is 0 Å². The second kappa shape index (κ2) is 5.04. The van der Waals surface area contributed by atoms with Crippen LogP contribution in [-0.4, -0.2) is 5.78 Å². The summed E-state index contributed by atoms with van der Waals surface area (Å²) < 4.78 is 5.73. The standard InChI is InChI=1S/C17H18O2/c1-2-3-4-7-12-10-11-15-16(17(12)18)13-8-5-6-9-14(13)19-15/h5-6,8-12H,2-4,7H2,1H3. The molecule has 98 valence electrons. The molecule has 3 rings (SSSR count). The Morgan fingerprint density at radius 2 is 2.05 bits per heavy atom. The third-order valence-corrected chi connectivity index (χ3v) is 3.80. The first-order valence-corrected chi connectivity index (χ1v) is 7.05. The van der Waals surface area contributed by atoms with Crippen molar-refractivity contribution in [2.75, 3.05) is 0 Å². The van der Waals surface area contributed by atoms with Crippen LogP contribution in [0, 0.1) is 5.92 Å². The summed E-state index contributed by atoms with van der Waals surface area (Å²) in [6, 6.07) is 7.78. The molecule has 0 saturated carbocycles. The van der Waals surface area contributed by atoms with E-state index >= 15 is 0 Å². The van der Waals surface area contributed by atoms with Gasteiger partial charge in [-0.1, -0.05) is 50.5 Å². The first-order valence-electron chi connectivity index (χ1n) is 7.05. The molecule has 1 unspecified atom stereocenters. The normalized spacial score (nSPS) is 17.9. The zero-order chi connectivity index (χ0) is 13.2. The highest BCUT2D eigenvalue weighted by molar-refractivity contribution is 6.13. The van der Waals surface area contributed by atoms with Gasteiger partial charge < -0.3 is 4.42 Å². The Bertz CT molecular complexity index is 634. The lowest BCUT2D eigenvalue weighted by molar-refractivity contribution is 0.0937. The number of unbranched alkanes of at least 4 members (excludes halogenated alkanes) is 2. The van der Waals surface area contributed by atoms with Crippen LogP contribution in [0.1, 0.15) is 48.7 Å². The van der Waals surface area contributed by atoms with E-state index in [-0.39, 0.29) is 11.7 Å². The van der Waals surface area contributed by atoms with E-state index in [0.717, 1.165) is 35.1 Å². The number of carbonyl (C=O) groups is 1. The van der Waals surface area contributed by atoms with E-state index in [4.69, 9.17) is 4.42 Å². The molecular formula is C17H18O2. The Kier molecular flexibility index (Phi) is 3.24. The monoisotopic (exact) mass is 254 g/mol. The molecule has 2 aromatic rings. The maximum absolute atomic E-state index is 12.6. The van der Waals surface area contributed by atoms with Crippen LogP contribution < -0.4 is 0 Å². The molecule has 1 atom stereocenters. The van der Waals surface area contributed by atoms with E-state index in [2.05, 4.69) is 6.92 Å². The van der Waals surface area contributed by atoms with E-state index in [0.29, 0.717) is 0 Å². The number of rotatable bonds is 4. The number of hydrogen-bond acceptors (Lipinski definition) is 2. The van der Waals surface area contributed by atoms with Crippen LogP contribution >= 0.6 is 0 Å². The smallest absolute Gasteiger partial charge is 0.174 e. The Labute approximate surface area is 113 Å². The minimum atomic E-state index is 0.0278. The van der Waals surface area contributed by atoms with Gasteiger partial charge in [-0.25, -0.2) is 0 Å². The Hall–Kier alpha value is -1.83. The third-order valence-electron chi connectivity index (χ3n) is 3.80. The van der Waals surface area contributed by atoms with E-state index in [1.54, 1.807) is 0 Å². The van der Waals surface area contributed by atoms with E-state index in [9.17, 15) is 4.79 Å². The average Bonchev–Trinajstić information content (AvgIpc) is 2.80. The van der Waals surface area contributed by atoms with Gasteiger partial charge in [-0.05, 0) is 18.6 Å². The topological polar surface area (TPSA) is 30.2 Å². The molecule has 0 bridgehead atoms. The minimum Gasteiger partial charge on any atom is -0.456 e. The molecule has 19 heavy (non-hydrogen) atoms. The van der Waals surface area contributed by atoms with Gasteiger partial charge in [0.25, 0.3) is 0 Å². The molecule has 1 aromatic heterocycles. The fraction of sp³-hybridized carbons (Fsp3) is 0.353. The third kappa shape index (κ3) is 2.12. The first kappa shape index (κ1) is 12.2. The molecule has 0 spiro atoms. The number of furan rings is 1. The summed E-state index contributed by atoms with van der Waals surface area (Å²) in [5.74, 6) is 0.969. The quantitative estimate of drug-likeness (QED) is 0.731. The van der Waals surface area contributed by atoms with Crippen LogP contribution in [0.2, 0.25) is 0 Å². The number of Topliss-reactive ketones (excluding diaryl/α,β-unsaturated/α-hetero) is 1. The number of allylic oxidation sites excluding steroid dienone is 1. The summed E-state index contributed by atoms with van der Waals surface area (Å²) in [4.78, 5) is 12.6.